The zero-order valence-electron chi connectivity index (χ0n) is 20.5. The number of amides is 4. The monoisotopic (exact) mass is 510 g/mol. The molecule has 1 aliphatic heterocycles. The highest BCUT2D eigenvalue weighted by atomic mass is 32.2. The number of hydrogen-bond donors (Lipinski definition) is 4. The third kappa shape index (κ3) is 4.67. The maximum atomic E-state index is 13.4. The van der Waals surface area contributed by atoms with E-state index in [1.807, 2.05) is 0 Å². The lowest BCUT2D eigenvalue weighted by molar-refractivity contribution is -0.142. The Hall–Kier alpha value is -2.89. The van der Waals surface area contributed by atoms with Crippen molar-refractivity contribution < 1.29 is 32.7 Å². The van der Waals surface area contributed by atoms with E-state index in [9.17, 15) is 32.7 Å². The Kier molecular flexibility index (Phi) is 6.60. The molecule has 4 N–H and O–H groups in total. The predicted molar refractivity (Wildman–Crippen MR) is 128 cm³/mol. The van der Waals surface area contributed by atoms with Gasteiger partial charge in [0, 0.05) is 12.5 Å². The zero-order valence-corrected chi connectivity index (χ0v) is 21.3. The number of carbonyl (C=O) groups excluding carboxylic acids is 3. The molecule has 3 aliphatic rings. The predicted octanol–water partition coefficient (Wildman–Crippen LogP) is 0.885. The van der Waals surface area contributed by atoms with Crippen molar-refractivity contribution in [1.82, 2.24) is 20.3 Å². The van der Waals surface area contributed by atoms with E-state index in [-0.39, 0.29) is 6.54 Å². The molecule has 4 atom stereocenters. The van der Waals surface area contributed by atoms with Crippen LogP contribution in [-0.4, -0.2) is 71.2 Å². The van der Waals surface area contributed by atoms with Gasteiger partial charge in [-0.05, 0) is 43.6 Å². The van der Waals surface area contributed by atoms with Gasteiger partial charge in [0.15, 0.2) is 5.54 Å². The molecule has 0 aromatic carbocycles. The van der Waals surface area contributed by atoms with Gasteiger partial charge in [-0.3, -0.25) is 19.1 Å². The van der Waals surface area contributed by atoms with Crippen LogP contribution in [0.3, 0.4) is 0 Å². The summed E-state index contributed by atoms with van der Waals surface area (Å²) in [5, 5.41) is 14.1. The molecular weight excluding hydrogens is 476 g/mol. The first-order valence-corrected chi connectivity index (χ1v) is 13.0. The third-order valence-electron chi connectivity index (χ3n) is 7.23. The maximum Gasteiger partial charge on any atom is 0.405 e. The Bertz CT molecular complexity index is 1090. The van der Waals surface area contributed by atoms with Gasteiger partial charge in [-0.1, -0.05) is 33.4 Å². The standard InChI is InChI=1S/C23H34N4O7S/c1-7-14-13(2)23(14,19(30)26-35(33,34)22(6)10-11-22)25-17(28)15-9-8-12-27(15)18(29)16(21(3,4)5)24-20(31)32/h7,14-16,24H,1-2,8-12H2,3-6H3,(H,25,28)(H,26,30)(H,31,32)/t14-,15+,16-,23-/m1/s1. The third-order valence-corrected chi connectivity index (χ3v) is 9.39. The molecule has 3 fully saturated rings. The van der Waals surface area contributed by atoms with Gasteiger partial charge < -0.3 is 20.6 Å². The lowest BCUT2D eigenvalue weighted by Crippen LogP contribution is -2.60. The Labute approximate surface area is 205 Å². The van der Waals surface area contributed by atoms with E-state index in [4.69, 9.17) is 0 Å². The molecule has 4 amide bonds. The molecule has 194 valence electrons. The van der Waals surface area contributed by atoms with Crippen LogP contribution in [0.1, 0.15) is 53.4 Å². The quantitative estimate of drug-likeness (QED) is 0.352. The van der Waals surface area contributed by atoms with Crippen molar-refractivity contribution in [2.24, 2.45) is 11.3 Å². The summed E-state index contributed by atoms with van der Waals surface area (Å²) in [6.07, 6.45) is 1.73. The van der Waals surface area contributed by atoms with Gasteiger partial charge in [0.2, 0.25) is 21.8 Å². The summed E-state index contributed by atoms with van der Waals surface area (Å²) >= 11 is 0. The normalized spacial score (nSPS) is 28.0. The fraction of sp³-hybridized carbons (Fsp3) is 0.652. The van der Waals surface area contributed by atoms with Crippen molar-refractivity contribution in [1.29, 1.82) is 0 Å². The summed E-state index contributed by atoms with van der Waals surface area (Å²) in [4.78, 5) is 52.4. The zero-order chi connectivity index (χ0) is 26.6. The number of carbonyl (C=O) groups is 4. The average molecular weight is 511 g/mol. The fourth-order valence-corrected chi connectivity index (χ4v) is 5.82. The Balaban J connectivity index is 1.82. The van der Waals surface area contributed by atoms with Crippen LogP contribution >= 0.6 is 0 Å². The Morgan fingerprint density at radius 1 is 1.23 bits per heavy atom. The smallest absolute Gasteiger partial charge is 0.405 e. The molecule has 0 aromatic heterocycles. The highest BCUT2D eigenvalue weighted by molar-refractivity contribution is 7.91. The van der Waals surface area contributed by atoms with Crippen molar-refractivity contribution in [2.75, 3.05) is 6.54 Å². The number of rotatable bonds is 8. The van der Waals surface area contributed by atoms with Crippen molar-refractivity contribution >= 4 is 33.8 Å². The summed E-state index contributed by atoms with van der Waals surface area (Å²) in [5.74, 6) is -2.77. The molecule has 2 saturated carbocycles. The Morgan fingerprint density at radius 2 is 1.83 bits per heavy atom. The minimum absolute atomic E-state index is 0.239. The fourth-order valence-electron chi connectivity index (χ4n) is 4.53. The minimum atomic E-state index is -3.96. The van der Waals surface area contributed by atoms with Crippen LogP contribution < -0.4 is 15.4 Å². The molecule has 3 rings (SSSR count). The second-order valence-corrected chi connectivity index (χ2v) is 13.1. The highest BCUT2D eigenvalue weighted by Gasteiger charge is 2.66. The Morgan fingerprint density at radius 3 is 2.29 bits per heavy atom. The van der Waals surface area contributed by atoms with Crippen LogP contribution in [0.15, 0.2) is 24.8 Å². The van der Waals surface area contributed by atoms with Crippen LogP contribution in [0, 0.1) is 11.3 Å². The van der Waals surface area contributed by atoms with Gasteiger partial charge in [-0.2, -0.15) is 0 Å². The summed E-state index contributed by atoms with van der Waals surface area (Å²) in [6, 6.07) is -2.05. The molecule has 12 heteroatoms. The van der Waals surface area contributed by atoms with E-state index >= 15 is 0 Å². The lowest BCUT2D eigenvalue weighted by Gasteiger charge is -2.35. The SMILES string of the molecule is C=C[C@@H]1C(=C)[C@]1(NC(=O)[C@@H]1CCCN1C(=O)[C@@H](NC(=O)O)C(C)(C)C)C(=O)NS(=O)(=O)C1(C)CC1. The van der Waals surface area contributed by atoms with Gasteiger partial charge in [-0.15, -0.1) is 6.58 Å². The van der Waals surface area contributed by atoms with Crippen molar-refractivity contribution in [3.8, 4) is 0 Å². The van der Waals surface area contributed by atoms with Gasteiger partial charge in [0.25, 0.3) is 5.91 Å². The molecule has 0 aromatic rings. The van der Waals surface area contributed by atoms with E-state index in [0.29, 0.717) is 31.3 Å². The number of sulfonamides is 1. The molecule has 2 aliphatic carbocycles. The molecule has 0 bridgehead atoms. The van der Waals surface area contributed by atoms with E-state index < -0.39 is 67.5 Å². The minimum Gasteiger partial charge on any atom is -0.465 e. The van der Waals surface area contributed by atoms with E-state index in [0.717, 1.165) is 0 Å². The first-order chi connectivity index (χ1) is 16.0. The number of carboxylic acid groups (broad SMARTS) is 1. The average Bonchev–Trinajstić information content (AvgIpc) is 3.53. The molecular formula is C23H34N4O7S. The van der Waals surface area contributed by atoms with Crippen molar-refractivity contribution in [2.45, 2.75) is 75.7 Å². The van der Waals surface area contributed by atoms with Crippen LogP contribution in [0.2, 0.25) is 0 Å². The number of hydrogen-bond acceptors (Lipinski definition) is 6. The molecule has 0 radical (unpaired) electrons. The number of likely N-dealkylation sites (tertiary alicyclic amines) is 1. The van der Waals surface area contributed by atoms with Gasteiger partial charge in [-0.25, -0.2) is 13.2 Å². The molecule has 1 heterocycles. The summed E-state index contributed by atoms with van der Waals surface area (Å²) in [6.45, 7) is 14.4. The van der Waals surface area contributed by atoms with E-state index in [2.05, 4.69) is 28.5 Å². The first-order valence-electron chi connectivity index (χ1n) is 11.5. The van der Waals surface area contributed by atoms with E-state index in [1.165, 1.54) is 11.0 Å². The van der Waals surface area contributed by atoms with Crippen LogP contribution in [0.5, 0.6) is 0 Å². The van der Waals surface area contributed by atoms with Crippen molar-refractivity contribution in [3.63, 3.8) is 0 Å². The molecule has 0 spiro atoms. The largest absolute Gasteiger partial charge is 0.465 e. The lowest BCUT2D eigenvalue weighted by atomic mass is 9.85. The molecule has 11 nitrogen and oxygen atoms in total. The molecule has 35 heavy (non-hydrogen) atoms. The summed E-state index contributed by atoms with van der Waals surface area (Å²) in [7, 11) is -3.96. The van der Waals surface area contributed by atoms with Crippen molar-refractivity contribution in [3.05, 3.63) is 24.8 Å². The van der Waals surface area contributed by atoms with Crippen LogP contribution in [0.4, 0.5) is 4.79 Å². The van der Waals surface area contributed by atoms with Crippen LogP contribution in [-0.2, 0) is 24.4 Å². The topological polar surface area (TPSA) is 162 Å². The van der Waals surface area contributed by atoms with Crippen LogP contribution in [0.25, 0.3) is 0 Å². The molecule has 1 saturated heterocycles. The summed E-state index contributed by atoms with van der Waals surface area (Å²) < 4.78 is 26.3. The van der Waals surface area contributed by atoms with Gasteiger partial charge >= 0.3 is 6.09 Å². The van der Waals surface area contributed by atoms with E-state index in [1.54, 1.807) is 27.7 Å². The second kappa shape index (κ2) is 8.65. The molecule has 0 unspecified atom stereocenters. The highest BCUT2D eigenvalue weighted by Crippen LogP contribution is 2.51. The second-order valence-electron chi connectivity index (χ2n) is 10.9. The maximum absolute atomic E-state index is 13.4. The number of nitrogens with one attached hydrogen (secondary N) is 3. The summed E-state index contributed by atoms with van der Waals surface area (Å²) in [5.41, 5.74) is -2.14. The number of nitrogens with zero attached hydrogens (tertiary/aromatic N) is 1. The van der Waals surface area contributed by atoms with Gasteiger partial charge in [0.1, 0.15) is 12.1 Å². The van der Waals surface area contributed by atoms with Gasteiger partial charge in [0.05, 0.1) is 4.75 Å². The first kappa shape index (κ1) is 26.7.